The largest absolute Gasteiger partial charge is 0.494 e. The van der Waals surface area contributed by atoms with Gasteiger partial charge in [0.05, 0.1) is 23.2 Å². The molecule has 3 rings (SSSR count). The van der Waals surface area contributed by atoms with Gasteiger partial charge < -0.3 is 9.64 Å². The first-order valence-electron chi connectivity index (χ1n) is 10.4. The molecule has 0 N–H and O–H groups in total. The molecule has 3 aromatic rings. The predicted octanol–water partition coefficient (Wildman–Crippen LogP) is 5.26. The van der Waals surface area contributed by atoms with Gasteiger partial charge in [0.1, 0.15) is 5.75 Å². The molecular formula is C24H32ClN3O2S. The van der Waals surface area contributed by atoms with Crippen LogP contribution in [0.1, 0.15) is 30.0 Å². The first-order chi connectivity index (χ1) is 14.4. The Balaban J connectivity index is 0.00000341. The highest BCUT2D eigenvalue weighted by atomic mass is 35.5. The molecule has 31 heavy (non-hydrogen) atoms. The molecule has 2 aromatic carbocycles. The molecule has 0 aliphatic carbocycles. The first-order valence-corrected chi connectivity index (χ1v) is 11.2. The summed E-state index contributed by atoms with van der Waals surface area (Å²) in [5.74, 6) is 0.918. The average molecular weight is 462 g/mol. The fourth-order valence-electron chi connectivity index (χ4n) is 3.32. The van der Waals surface area contributed by atoms with Crippen LogP contribution >= 0.6 is 23.7 Å². The number of carbonyl (C=O) groups excluding carboxylic acids is 1. The van der Waals surface area contributed by atoms with Crippen molar-refractivity contribution >= 4 is 45.0 Å². The first kappa shape index (κ1) is 25.1. The molecule has 0 fully saturated rings. The summed E-state index contributed by atoms with van der Waals surface area (Å²) in [5, 5.41) is 0.756. The maximum atomic E-state index is 13.3. The monoisotopic (exact) mass is 461 g/mol. The number of ether oxygens (including phenoxy) is 1. The van der Waals surface area contributed by atoms with Crippen molar-refractivity contribution in [1.82, 2.24) is 9.88 Å². The summed E-state index contributed by atoms with van der Waals surface area (Å²) in [4.78, 5) is 22.0. The molecular weight excluding hydrogens is 430 g/mol. The Hall–Kier alpha value is -2.15. The van der Waals surface area contributed by atoms with Gasteiger partial charge in [-0.05, 0) is 82.7 Å². The number of halogens is 1. The van der Waals surface area contributed by atoms with E-state index in [0.717, 1.165) is 39.6 Å². The Kier molecular flexibility index (Phi) is 9.29. The molecule has 168 valence electrons. The van der Waals surface area contributed by atoms with Gasteiger partial charge in [0, 0.05) is 6.54 Å². The van der Waals surface area contributed by atoms with Crippen molar-refractivity contribution in [3.63, 3.8) is 0 Å². The molecule has 0 radical (unpaired) electrons. The fraction of sp³-hybridized carbons (Fsp3) is 0.417. The zero-order chi connectivity index (χ0) is 21.7. The van der Waals surface area contributed by atoms with E-state index in [4.69, 9.17) is 9.72 Å². The second-order valence-electron chi connectivity index (χ2n) is 7.86. The molecule has 1 heterocycles. The maximum absolute atomic E-state index is 13.3. The number of fused-ring (bicyclic) bond motifs is 1. The van der Waals surface area contributed by atoms with Crippen molar-refractivity contribution < 1.29 is 9.53 Å². The highest BCUT2D eigenvalue weighted by Gasteiger charge is 2.20. The number of carbonyl (C=O) groups is 1. The molecule has 7 heteroatoms. The number of anilines is 1. The van der Waals surface area contributed by atoms with Crippen LogP contribution in [0.5, 0.6) is 5.75 Å². The van der Waals surface area contributed by atoms with Crippen molar-refractivity contribution in [2.75, 3.05) is 38.7 Å². The molecule has 0 bridgehead atoms. The SMILES string of the molecule is CCOc1ccc2nc(N(CCCN(C)C)C(=O)Cc3ccc(C)c(C)c3)sc2c1.Cl. The molecule has 0 atom stereocenters. The van der Waals surface area contributed by atoms with Crippen molar-refractivity contribution in [2.24, 2.45) is 0 Å². The number of aryl methyl sites for hydroxylation is 2. The Morgan fingerprint density at radius 2 is 1.84 bits per heavy atom. The van der Waals surface area contributed by atoms with Crippen molar-refractivity contribution in [2.45, 2.75) is 33.6 Å². The minimum Gasteiger partial charge on any atom is -0.494 e. The standard InChI is InChI=1S/C24H31N3O2S.ClH/c1-6-29-20-10-11-21-22(16-20)30-24(25-21)27(13-7-12-26(4)5)23(28)15-19-9-8-17(2)18(3)14-19;/h8-11,14,16H,6-7,12-13,15H2,1-5H3;1H. The van der Waals surface area contributed by atoms with Crippen molar-refractivity contribution in [1.29, 1.82) is 0 Å². The van der Waals surface area contributed by atoms with Gasteiger partial charge >= 0.3 is 0 Å². The van der Waals surface area contributed by atoms with Crippen LogP contribution in [0, 0.1) is 13.8 Å². The van der Waals surface area contributed by atoms with E-state index >= 15 is 0 Å². The Morgan fingerprint density at radius 3 is 2.52 bits per heavy atom. The van der Waals surface area contributed by atoms with Crippen LogP contribution in [0.4, 0.5) is 5.13 Å². The van der Waals surface area contributed by atoms with E-state index in [0.29, 0.717) is 19.6 Å². The summed E-state index contributed by atoms with van der Waals surface area (Å²) in [7, 11) is 4.10. The lowest BCUT2D eigenvalue weighted by atomic mass is 10.0. The van der Waals surface area contributed by atoms with Crippen LogP contribution in [0.3, 0.4) is 0 Å². The molecule has 1 aromatic heterocycles. The third-order valence-corrected chi connectivity index (χ3v) is 6.15. The van der Waals surface area contributed by atoms with Crippen LogP contribution in [-0.2, 0) is 11.2 Å². The lowest BCUT2D eigenvalue weighted by Gasteiger charge is -2.21. The number of nitrogens with zero attached hydrogens (tertiary/aromatic N) is 3. The third kappa shape index (κ3) is 6.66. The van der Waals surface area contributed by atoms with E-state index in [1.807, 2.05) is 50.2 Å². The highest BCUT2D eigenvalue weighted by Crippen LogP contribution is 2.32. The minimum absolute atomic E-state index is 0. The summed E-state index contributed by atoms with van der Waals surface area (Å²) in [5.41, 5.74) is 4.39. The van der Waals surface area contributed by atoms with Crippen LogP contribution < -0.4 is 9.64 Å². The second-order valence-corrected chi connectivity index (χ2v) is 8.87. The topological polar surface area (TPSA) is 45.7 Å². The van der Waals surface area contributed by atoms with Gasteiger partial charge in [0.2, 0.25) is 5.91 Å². The van der Waals surface area contributed by atoms with E-state index in [2.05, 4.69) is 30.9 Å². The van der Waals surface area contributed by atoms with E-state index < -0.39 is 0 Å². The van der Waals surface area contributed by atoms with Crippen LogP contribution in [-0.4, -0.2) is 49.6 Å². The van der Waals surface area contributed by atoms with Gasteiger partial charge in [-0.2, -0.15) is 0 Å². The Labute approximate surface area is 195 Å². The van der Waals surface area contributed by atoms with Crippen molar-refractivity contribution in [3.05, 3.63) is 53.1 Å². The molecule has 1 amide bonds. The number of aromatic nitrogens is 1. The zero-order valence-corrected chi connectivity index (χ0v) is 20.6. The second kappa shape index (κ2) is 11.5. The highest BCUT2D eigenvalue weighted by molar-refractivity contribution is 7.22. The number of benzene rings is 2. The number of hydrogen-bond donors (Lipinski definition) is 0. The van der Waals surface area contributed by atoms with Crippen LogP contribution in [0.2, 0.25) is 0 Å². The normalized spacial score (nSPS) is 10.9. The van der Waals surface area contributed by atoms with Gasteiger partial charge in [-0.1, -0.05) is 29.5 Å². The van der Waals surface area contributed by atoms with E-state index in [9.17, 15) is 4.79 Å². The molecule has 0 aliphatic rings. The molecule has 0 saturated carbocycles. The minimum atomic E-state index is 0. The molecule has 5 nitrogen and oxygen atoms in total. The average Bonchev–Trinajstić information content (AvgIpc) is 3.11. The van der Waals surface area contributed by atoms with Gasteiger partial charge in [-0.3, -0.25) is 9.69 Å². The van der Waals surface area contributed by atoms with Gasteiger partial charge in [-0.15, -0.1) is 12.4 Å². The summed E-state index contributed by atoms with van der Waals surface area (Å²) in [6, 6.07) is 12.1. The molecule has 0 spiro atoms. The van der Waals surface area contributed by atoms with E-state index in [1.165, 1.54) is 11.1 Å². The molecule has 0 saturated heterocycles. The lowest BCUT2D eigenvalue weighted by molar-refractivity contribution is -0.118. The maximum Gasteiger partial charge on any atom is 0.233 e. The Morgan fingerprint density at radius 1 is 1.06 bits per heavy atom. The van der Waals surface area contributed by atoms with Crippen LogP contribution in [0.15, 0.2) is 36.4 Å². The lowest BCUT2D eigenvalue weighted by Crippen LogP contribution is -2.34. The summed E-state index contributed by atoms with van der Waals surface area (Å²) in [6.45, 7) is 8.35. The van der Waals surface area contributed by atoms with Crippen molar-refractivity contribution in [3.8, 4) is 5.75 Å². The summed E-state index contributed by atoms with van der Waals surface area (Å²) < 4.78 is 6.65. The summed E-state index contributed by atoms with van der Waals surface area (Å²) in [6.07, 6.45) is 1.27. The fourth-order valence-corrected chi connectivity index (χ4v) is 4.36. The zero-order valence-electron chi connectivity index (χ0n) is 19.0. The van der Waals surface area contributed by atoms with Gasteiger partial charge in [-0.25, -0.2) is 4.98 Å². The van der Waals surface area contributed by atoms with E-state index in [-0.39, 0.29) is 18.3 Å². The molecule has 0 aliphatic heterocycles. The number of thiazole rings is 1. The van der Waals surface area contributed by atoms with E-state index in [1.54, 1.807) is 11.3 Å². The molecule has 0 unspecified atom stereocenters. The number of hydrogen-bond acceptors (Lipinski definition) is 5. The predicted molar refractivity (Wildman–Crippen MR) is 133 cm³/mol. The number of rotatable bonds is 9. The quantitative estimate of drug-likeness (QED) is 0.436. The van der Waals surface area contributed by atoms with Gasteiger partial charge in [0.15, 0.2) is 5.13 Å². The number of amides is 1. The van der Waals surface area contributed by atoms with Crippen LogP contribution in [0.25, 0.3) is 10.2 Å². The van der Waals surface area contributed by atoms with Gasteiger partial charge in [0.25, 0.3) is 0 Å². The Bertz CT molecular complexity index is 1020. The smallest absolute Gasteiger partial charge is 0.233 e. The third-order valence-electron chi connectivity index (χ3n) is 5.11. The summed E-state index contributed by atoms with van der Waals surface area (Å²) >= 11 is 1.55.